The summed E-state index contributed by atoms with van der Waals surface area (Å²) in [4.78, 5) is 29.1. The molecular formula is C17H18N4O3S2. The molecule has 3 aromatic rings. The van der Waals surface area contributed by atoms with E-state index in [4.69, 9.17) is 4.52 Å². The van der Waals surface area contributed by atoms with E-state index in [2.05, 4.69) is 15.5 Å². The standard InChI is InChI=1S/C17H18N4O3S2/c1-10-8-14(20-24-10)18-16(23)11(2)25-9-15(22)19-17-21(3)12-6-4-5-7-13(12)26-17/h4-8,11H,9H2,1-3H3,(H,18,20,23)/t11-/m0/s1. The maximum Gasteiger partial charge on any atom is 0.258 e. The zero-order valence-electron chi connectivity index (χ0n) is 14.6. The fraction of sp³-hybridized carbons (Fsp3) is 0.294. The molecule has 0 fully saturated rings. The normalized spacial score (nSPS) is 13.1. The number of anilines is 1. The number of amides is 2. The minimum Gasteiger partial charge on any atom is -0.360 e. The van der Waals surface area contributed by atoms with Crippen LogP contribution in [0, 0.1) is 6.92 Å². The molecular weight excluding hydrogens is 372 g/mol. The zero-order valence-corrected chi connectivity index (χ0v) is 16.2. The summed E-state index contributed by atoms with van der Waals surface area (Å²) in [6.45, 7) is 3.48. The summed E-state index contributed by atoms with van der Waals surface area (Å²) in [5.74, 6) is 0.609. The molecule has 9 heteroatoms. The summed E-state index contributed by atoms with van der Waals surface area (Å²) < 4.78 is 7.87. The molecule has 1 aromatic carbocycles. The van der Waals surface area contributed by atoms with Crippen LogP contribution in [0.4, 0.5) is 5.82 Å². The lowest BCUT2D eigenvalue weighted by Gasteiger charge is -2.08. The van der Waals surface area contributed by atoms with Crippen LogP contribution >= 0.6 is 23.1 Å². The van der Waals surface area contributed by atoms with Crippen LogP contribution in [-0.4, -0.2) is 32.5 Å². The van der Waals surface area contributed by atoms with E-state index in [1.807, 2.05) is 35.9 Å². The Morgan fingerprint density at radius 1 is 1.42 bits per heavy atom. The van der Waals surface area contributed by atoms with E-state index in [1.54, 1.807) is 19.9 Å². The van der Waals surface area contributed by atoms with Crippen molar-refractivity contribution in [2.45, 2.75) is 19.1 Å². The number of fused-ring (bicyclic) bond motifs is 1. The minimum atomic E-state index is -0.415. The van der Waals surface area contributed by atoms with Gasteiger partial charge in [-0.3, -0.25) is 9.59 Å². The first kappa shape index (κ1) is 18.4. The highest BCUT2D eigenvalue weighted by molar-refractivity contribution is 8.01. The van der Waals surface area contributed by atoms with Gasteiger partial charge in [0.2, 0.25) is 5.91 Å². The third-order valence-corrected chi connectivity index (χ3v) is 5.88. The van der Waals surface area contributed by atoms with Gasteiger partial charge in [-0.05, 0) is 26.0 Å². The number of nitrogens with zero attached hydrogens (tertiary/aromatic N) is 3. The number of hydrogen-bond donors (Lipinski definition) is 1. The molecule has 0 saturated carbocycles. The average Bonchev–Trinajstić information content (AvgIpc) is 3.16. The minimum absolute atomic E-state index is 0.126. The van der Waals surface area contributed by atoms with Crippen molar-refractivity contribution in [2.24, 2.45) is 12.0 Å². The van der Waals surface area contributed by atoms with Crippen molar-refractivity contribution in [3.8, 4) is 0 Å². The largest absolute Gasteiger partial charge is 0.360 e. The number of carbonyl (C=O) groups is 2. The second-order valence-corrected chi connectivity index (χ2v) is 8.02. The van der Waals surface area contributed by atoms with Crippen molar-refractivity contribution in [3.63, 3.8) is 0 Å². The van der Waals surface area contributed by atoms with Gasteiger partial charge in [-0.15, -0.1) is 11.8 Å². The van der Waals surface area contributed by atoms with Crippen LogP contribution in [0.5, 0.6) is 0 Å². The lowest BCUT2D eigenvalue weighted by molar-refractivity contribution is -0.115. The van der Waals surface area contributed by atoms with E-state index in [-0.39, 0.29) is 17.6 Å². The predicted octanol–water partition coefficient (Wildman–Crippen LogP) is 2.72. The summed E-state index contributed by atoms with van der Waals surface area (Å²) in [5.41, 5.74) is 1.03. The monoisotopic (exact) mass is 390 g/mol. The molecule has 136 valence electrons. The van der Waals surface area contributed by atoms with Crippen molar-refractivity contribution in [1.82, 2.24) is 9.72 Å². The third-order valence-electron chi connectivity index (χ3n) is 3.64. The Kier molecular flexibility index (Phi) is 5.58. The number of aryl methyl sites for hydroxylation is 2. The number of carbonyl (C=O) groups excluding carboxylic acids is 2. The molecule has 0 radical (unpaired) electrons. The van der Waals surface area contributed by atoms with E-state index < -0.39 is 5.25 Å². The van der Waals surface area contributed by atoms with Gasteiger partial charge in [-0.2, -0.15) is 4.99 Å². The number of rotatable bonds is 5. The molecule has 1 atom stereocenters. The predicted molar refractivity (Wildman–Crippen MR) is 103 cm³/mol. The molecule has 0 spiro atoms. The van der Waals surface area contributed by atoms with Crippen molar-refractivity contribution in [2.75, 3.05) is 11.1 Å². The van der Waals surface area contributed by atoms with Crippen molar-refractivity contribution in [3.05, 3.63) is 40.9 Å². The molecule has 0 aliphatic carbocycles. The van der Waals surface area contributed by atoms with Crippen molar-refractivity contribution >= 4 is 50.9 Å². The first-order valence-corrected chi connectivity index (χ1v) is 9.78. The Hall–Kier alpha value is -2.39. The Balaban J connectivity index is 1.60. The highest BCUT2D eigenvalue weighted by atomic mass is 32.2. The maximum atomic E-state index is 12.2. The van der Waals surface area contributed by atoms with Gasteiger partial charge in [-0.25, -0.2) is 0 Å². The van der Waals surface area contributed by atoms with Crippen molar-refractivity contribution < 1.29 is 14.1 Å². The van der Waals surface area contributed by atoms with E-state index in [1.165, 1.54) is 23.1 Å². The van der Waals surface area contributed by atoms with Crippen LogP contribution < -0.4 is 10.1 Å². The number of para-hydroxylation sites is 1. The van der Waals surface area contributed by atoms with Gasteiger partial charge >= 0.3 is 0 Å². The van der Waals surface area contributed by atoms with Gasteiger partial charge in [0.1, 0.15) is 5.76 Å². The number of aromatic nitrogens is 2. The van der Waals surface area contributed by atoms with Gasteiger partial charge in [-0.1, -0.05) is 28.6 Å². The van der Waals surface area contributed by atoms with Crippen LogP contribution in [0.25, 0.3) is 10.2 Å². The van der Waals surface area contributed by atoms with Crippen LogP contribution in [0.2, 0.25) is 0 Å². The van der Waals surface area contributed by atoms with Crippen LogP contribution in [0.15, 0.2) is 39.8 Å². The molecule has 2 amide bonds. The summed E-state index contributed by atoms with van der Waals surface area (Å²) in [6, 6.07) is 9.53. The van der Waals surface area contributed by atoms with Gasteiger partial charge < -0.3 is 14.4 Å². The Bertz CT molecular complexity index is 1020. The second kappa shape index (κ2) is 7.88. The zero-order chi connectivity index (χ0) is 18.7. The lowest BCUT2D eigenvalue weighted by Crippen LogP contribution is -2.24. The molecule has 7 nitrogen and oxygen atoms in total. The molecule has 0 bridgehead atoms. The molecule has 0 unspecified atom stereocenters. The summed E-state index contributed by atoms with van der Waals surface area (Å²) in [6.07, 6.45) is 0. The van der Waals surface area contributed by atoms with Crippen molar-refractivity contribution in [1.29, 1.82) is 0 Å². The van der Waals surface area contributed by atoms with Gasteiger partial charge in [0.15, 0.2) is 10.6 Å². The highest BCUT2D eigenvalue weighted by Gasteiger charge is 2.16. The van der Waals surface area contributed by atoms with E-state index in [0.717, 1.165) is 10.2 Å². The SMILES string of the molecule is Cc1cc(NC(=O)[C@H](C)SCC(=O)N=c2sc3ccccc3n2C)no1. The number of thioether (sulfide) groups is 1. The van der Waals surface area contributed by atoms with Crippen LogP contribution in [-0.2, 0) is 16.6 Å². The first-order chi connectivity index (χ1) is 12.4. The molecule has 2 aromatic heterocycles. The topological polar surface area (TPSA) is 89.5 Å². The number of nitrogens with one attached hydrogen (secondary N) is 1. The maximum absolute atomic E-state index is 12.2. The highest BCUT2D eigenvalue weighted by Crippen LogP contribution is 2.16. The van der Waals surface area contributed by atoms with Gasteiger partial charge in [0, 0.05) is 13.1 Å². The Morgan fingerprint density at radius 2 is 2.19 bits per heavy atom. The van der Waals surface area contributed by atoms with Crippen LogP contribution in [0.1, 0.15) is 12.7 Å². The molecule has 0 aliphatic heterocycles. The third kappa shape index (κ3) is 4.23. The van der Waals surface area contributed by atoms with E-state index in [9.17, 15) is 9.59 Å². The number of thiazole rings is 1. The number of benzene rings is 1. The molecule has 26 heavy (non-hydrogen) atoms. The summed E-state index contributed by atoms with van der Waals surface area (Å²) in [7, 11) is 1.88. The molecule has 0 saturated heterocycles. The fourth-order valence-corrected chi connectivity index (χ4v) is 3.96. The van der Waals surface area contributed by atoms with E-state index in [0.29, 0.717) is 16.4 Å². The average molecular weight is 390 g/mol. The molecule has 2 heterocycles. The number of hydrogen-bond acceptors (Lipinski definition) is 6. The fourth-order valence-electron chi connectivity index (χ4n) is 2.25. The Labute approximate surface area is 158 Å². The van der Waals surface area contributed by atoms with E-state index >= 15 is 0 Å². The smallest absolute Gasteiger partial charge is 0.258 e. The summed E-state index contributed by atoms with van der Waals surface area (Å²) in [5, 5.41) is 5.96. The lowest BCUT2D eigenvalue weighted by atomic mass is 10.3. The van der Waals surface area contributed by atoms with Crippen LogP contribution in [0.3, 0.4) is 0 Å². The summed E-state index contributed by atoms with van der Waals surface area (Å²) >= 11 is 2.70. The second-order valence-electron chi connectivity index (χ2n) is 5.68. The molecule has 3 rings (SSSR count). The molecule has 0 aliphatic rings. The van der Waals surface area contributed by atoms with Gasteiger partial charge in [0.05, 0.1) is 21.2 Å². The first-order valence-electron chi connectivity index (χ1n) is 7.92. The molecule has 1 N–H and O–H groups in total. The Morgan fingerprint density at radius 3 is 2.88 bits per heavy atom. The van der Waals surface area contributed by atoms with Gasteiger partial charge in [0.25, 0.3) is 5.91 Å². The quantitative estimate of drug-likeness (QED) is 0.723.